The smallest absolute Gasteiger partial charge is 0.249 e. The minimum atomic E-state index is -0.388. The Hall–Kier alpha value is -0.480. The van der Waals surface area contributed by atoms with Gasteiger partial charge in [0.1, 0.15) is 0 Å². The van der Waals surface area contributed by atoms with Crippen LogP contribution < -0.4 is 5.73 Å². The molecule has 1 amide bonds. The van der Waals surface area contributed by atoms with E-state index in [1.165, 1.54) is 11.8 Å². The number of carbonyl (C=O) groups excluding carboxylic acids is 1. The van der Waals surface area contributed by atoms with Crippen molar-refractivity contribution in [3.63, 3.8) is 0 Å². The van der Waals surface area contributed by atoms with Gasteiger partial charge in [0.2, 0.25) is 5.91 Å². The Morgan fingerprint density at radius 3 is 2.75 bits per heavy atom. The molecule has 0 aliphatic rings. The number of amides is 1. The molecule has 0 heterocycles. The van der Waals surface area contributed by atoms with E-state index in [9.17, 15) is 4.79 Å². The third kappa shape index (κ3) is 2.01. The van der Waals surface area contributed by atoms with Crippen LogP contribution in [0.5, 0.6) is 0 Å². The zero-order chi connectivity index (χ0) is 9.14. The molecule has 1 aromatic rings. The second-order valence-corrected chi connectivity index (χ2v) is 3.97. The lowest BCUT2D eigenvalue weighted by Gasteiger charge is -2.02. The Labute approximate surface area is 83.7 Å². The van der Waals surface area contributed by atoms with E-state index in [0.717, 1.165) is 9.37 Å². The average molecular weight is 246 g/mol. The first-order valence-electron chi connectivity index (χ1n) is 3.28. The number of hydrogen-bond acceptors (Lipinski definition) is 2. The number of primary amides is 1. The van der Waals surface area contributed by atoms with Crippen LogP contribution in [0.25, 0.3) is 0 Å². The fourth-order valence-corrected chi connectivity index (χ4v) is 1.82. The van der Waals surface area contributed by atoms with Crippen molar-refractivity contribution in [3.8, 4) is 0 Å². The minimum absolute atomic E-state index is 0.388. The summed E-state index contributed by atoms with van der Waals surface area (Å²) in [5.74, 6) is -0.388. The van der Waals surface area contributed by atoms with Crippen molar-refractivity contribution < 1.29 is 4.79 Å². The second-order valence-electron chi connectivity index (χ2n) is 2.21. The molecular weight excluding hydrogens is 238 g/mol. The topological polar surface area (TPSA) is 43.1 Å². The van der Waals surface area contributed by atoms with Crippen LogP contribution >= 0.6 is 27.7 Å². The predicted octanol–water partition coefficient (Wildman–Crippen LogP) is 2.27. The summed E-state index contributed by atoms with van der Waals surface area (Å²) in [6.45, 7) is 0. The molecule has 0 fully saturated rings. The SMILES string of the molecule is CSc1ccc(Br)cc1C(N)=O. The summed E-state index contributed by atoms with van der Waals surface area (Å²) in [6, 6.07) is 5.49. The van der Waals surface area contributed by atoms with Gasteiger partial charge in [0.05, 0.1) is 5.56 Å². The Bertz CT molecular complexity index is 314. The van der Waals surface area contributed by atoms with Crippen LogP contribution in [0, 0.1) is 0 Å². The molecule has 0 saturated carbocycles. The first kappa shape index (κ1) is 9.61. The van der Waals surface area contributed by atoms with Gasteiger partial charge in [-0.3, -0.25) is 4.79 Å². The fourth-order valence-electron chi connectivity index (χ4n) is 0.873. The molecule has 0 aromatic heterocycles. The maximum atomic E-state index is 10.9. The second kappa shape index (κ2) is 3.96. The van der Waals surface area contributed by atoms with Gasteiger partial charge >= 0.3 is 0 Å². The molecule has 1 aromatic carbocycles. The highest BCUT2D eigenvalue weighted by Gasteiger charge is 2.06. The Kier molecular flexibility index (Phi) is 3.17. The first-order valence-corrected chi connectivity index (χ1v) is 5.30. The van der Waals surface area contributed by atoms with E-state index in [0.29, 0.717) is 5.56 Å². The van der Waals surface area contributed by atoms with E-state index in [-0.39, 0.29) is 5.91 Å². The number of carbonyl (C=O) groups is 1. The highest BCUT2D eigenvalue weighted by atomic mass is 79.9. The van der Waals surface area contributed by atoms with Gasteiger partial charge in [-0.2, -0.15) is 0 Å². The summed E-state index contributed by atoms with van der Waals surface area (Å²) >= 11 is 4.79. The summed E-state index contributed by atoms with van der Waals surface area (Å²) in [6.07, 6.45) is 1.91. The molecule has 0 radical (unpaired) electrons. The monoisotopic (exact) mass is 245 g/mol. The van der Waals surface area contributed by atoms with Crippen LogP contribution in [0.4, 0.5) is 0 Å². The van der Waals surface area contributed by atoms with E-state index in [2.05, 4.69) is 15.9 Å². The van der Waals surface area contributed by atoms with Gasteiger partial charge in [0.15, 0.2) is 0 Å². The molecule has 4 heteroatoms. The molecule has 0 bridgehead atoms. The van der Waals surface area contributed by atoms with Gasteiger partial charge < -0.3 is 5.73 Å². The van der Waals surface area contributed by atoms with Crippen molar-refractivity contribution in [2.75, 3.05) is 6.26 Å². The van der Waals surface area contributed by atoms with Gasteiger partial charge in [0, 0.05) is 9.37 Å². The molecule has 64 valence electrons. The maximum Gasteiger partial charge on any atom is 0.249 e. The third-order valence-electron chi connectivity index (χ3n) is 1.43. The standard InChI is InChI=1S/C8H8BrNOS/c1-12-7-3-2-5(9)4-6(7)8(10)11/h2-4H,1H3,(H2,10,11). The van der Waals surface area contributed by atoms with Crippen LogP contribution in [-0.2, 0) is 0 Å². The summed E-state index contributed by atoms with van der Waals surface area (Å²) in [7, 11) is 0. The minimum Gasteiger partial charge on any atom is -0.366 e. The Morgan fingerprint density at radius 1 is 1.58 bits per heavy atom. The summed E-state index contributed by atoms with van der Waals surface area (Å²) in [5.41, 5.74) is 5.75. The van der Waals surface area contributed by atoms with Crippen LogP contribution in [0.15, 0.2) is 27.6 Å². The van der Waals surface area contributed by atoms with Crippen molar-refractivity contribution in [1.82, 2.24) is 0 Å². The summed E-state index contributed by atoms with van der Waals surface area (Å²) in [5, 5.41) is 0. The summed E-state index contributed by atoms with van der Waals surface area (Å²) < 4.78 is 0.870. The number of benzene rings is 1. The Balaban J connectivity index is 3.21. The third-order valence-corrected chi connectivity index (χ3v) is 2.72. The van der Waals surface area contributed by atoms with E-state index in [1.807, 2.05) is 18.4 Å². The summed E-state index contributed by atoms with van der Waals surface area (Å²) in [4.78, 5) is 11.8. The van der Waals surface area contributed by atoms with E-state index >= 15 is 0 Å². The lowest BCUT2D eigenvalue weighted by molar-refractivity contribution is 0.0997. The number of thioether (sulfide) groups is 1. The number of halogens is 1. The van der Waals surface area contributed by atoms with Crippen molar-refractivity contribution >= 4 is 33.6 Å². The number of nitrogens with two attached hydrogens (primary N) is 1. The number of hydrogen-bond donors (Lipinski definition) is 1. The van der Waals surface area contributed by atoms with Crippen molar-refractivity contribution in [1.29, 1.82) is 0 Å². The molecule has 12 heavy (non-hydrogen) atoms. The lowest BCUT2D eigenvalue weighted by atomic mass is 10.2. The molecular formula is C8H8BrNOS. The van der Waals surface area contributed by atoms with Crippen LogP contribution in [0.3, 0.4) is 0 Å². The molecule has 0 aliphatic carbocycles. The maximum absolute atomic E-state index is 10.9. The molecule has 2 nitrogen and oxygen atoms in total. The molecule has 0 unspecified atom stereocenters. The highest BCUT2D eigenvalue weighted by molar-refractivity contribution is 9.10. The van der Waals surface area contributed by atoms with Gasteiger partial charge in [-0.25, -0.2) is 0 Å². The highest BCUT2D eigenvalue weighted by Crippen LogP contribution is 2.23. The average Bonchev–Trinajstić information content (AvgIpc) is 2.04. The zero-order valence-electron chi connectivity index (χ0n) is 6.50. The largest absolute Gasteiger partial charge is 0.366 e. The Morgan fingerprint density at radius 2 is 2.25 bits per heavy atom. The van der Waals surface area contributed by atoms with Crippen LogP contribution in [0.1, 0.15) is 10.4 Å². The quantitative estimate of drug-likeness (QED) is 0.813. The molecule has 0 atom stereocenters. The van der Waals surface area contributed by atoms with E-state index in [4.69, 9.17) is 5.73 Å². The van der Waals surface area contributed by atoms with Crippen LogP contribution in [0.2, 0.25) is 0 Å². The van der Waals surface area contributed by atoms with E-state index < -0.39 is 0 Å². The van der Waals surface area contributed by atoms with Crippen molar-refractivity contribution in [2.45, 2.75) is 4.90 Å². The molecule has 0 aliphatic heterocycles. The molecule has 0 spiro atoms. The number of rotatable bonds is 2. The van der Waals surface area contributed by atoms with Crippen molar-refractivity contribution in [2.24, 2.45) is 5.73 Å². The van der Waals surface area contributed by atoms with Crippen LogP contribution in [-0.4, -0.2) is 12.2 Å². The van der Waals surface area contributed by atoms with Gasteiger partial charge in [-0.1, -0.05) is 15.9 Å². The van der Waals surface area contributed by atoms with Gasteiger partial charge in [0.25, 0.3) is 0 Å². The first-order chi connectivity index (χ1) is 5.65. The molecule has 1 rings (SSSR count). The van der Waals surface area contributed by atoms with Gasteiger partial charge in [-0.15, -0.1) is 11.8 Å². The lowest BCUT2D eigenvalue weighted by Crippen LogP contribution is -2.11. The van der Waals surface area contributed by atoms with Crippen molar-refractivity contribution in [3.05, 3.63) is 28.2 Å². The van der Waals surface area contributed by atoms with E-state index in [1.54, 1.807) is 6.07 Å². The molecule has 0 saturated heterocycles. The fraction of sp³-hybridized carbons (Fsp3) is 0.125. The molecule has 2 N–H and O–H groups in total. The predicted molar refractivity (Wildman–Crippen MR) is 54.4 cm³/mol. The zero-order valence-corrected chi connectivity index (χ0v) is 8.91. The normalized spacial score (nSPS) is 9.83. The van der Waals surface area contributed by atoms with Gasteiger partial charge in [-0.05, 0) is 24.5 Å².